The molecule has 200 valence electrons. The zero-order chi connectivity index (χ0) is 27.7. The van der Waals surface area contributed by atoms with Gasteiger partial charge in [-0.25, -0.2) is 4.98 Å². The highest BCUT2D eigenvalue weighted by atomic mass is 32.1. The summed E-state index contributed by atoms with van der Waals surface area (Å²) in [7, 11) is 0. The Morgan fingerprint density at radius 2 is 1.87 bits per heavy atom. The van der Waals surface area contributed by atoms with Crippen molar-refractivity contribution in [2.24, 2.45) is 0 Å². The number of pyridine rings is 1. The minimum atomic E-state index is -1.54. The normalized spacial score (nSPS) is 13.5. The first-order chi connectivity index (χ1) is 18.8. The van der Waals surface area contributed by atoms with Crippen LogP contribution < -0.4 is 20.8 Å². The second-order valence-corrected chi connectivity index (χ2v) is 9.30. The molecule has 4 heterocycles. The van der Waals surface area contributed by atoms with Gasteiger partial charge in [-0.05, 0) is 26.1 Å². The van der Waals surface area contributed by atoms with Crippen LogP contribution in [-0.4, -0.2) is 67.8 Å². The molecule has 13 heteroatoms. The summed E-state index contributed by atoms with van der Waals surface area (Å²) >= 11 is 5.53. The summed E-state index contributed by atoms with van der Waals surface area (Å²) in [5.74, 6) is -1.13. The molecule has 39 heavy (non-hydrogen) atoms. The van der Waals surface area contributed by atoms with Gasteiger partial charge in [-0.2, -0.15) is 4.98 Å². The molecule has 5 rings (SSSR count). The molecule has 3 aromatic heterocycles. The summed E-state index contributed by atoms with van der Waals surface area (Å²) in [6, 6.07) is 9.29. The van der Waals surface area contributed by atoms with Crippen molar-refractivity contribution in [3.8, 4) is 11.3 Å². The highest BCUT2D eigenvalue weighted by molar-refractivity contribution is 7.80. The molecule has 1 fully saturated rings. The Bertz CT molecular complexity index is 1640. The molecule has 4 aromatic rings. The molecule has 0 saturated carbocycles. The fourth-order valence-corrected chi connectivity index (χ4v) is 4.76. The first-order valence-electron chi connectivity index (χ1n) is 12.3. The average Bonchev–Trinajstić information content (AvgIpc) is 3.34. The van der Waals surface area contributed by atoms with Crippen molar-refractivity contribution in [2.45, 2.75) is 20.4 Å². The molecule has 12 nitrogen and oxygen atoms in total. The number of anilines is 1. The molecule has 1 amide bonds. The van der Waals surface area contributed by atoms with Gasteiger partial charge in [0.1, 0.15) is 22.7 Å². The van der Waals surface area contributed by atoms with Crippen LogP contribution in [0.3, 0.4) is 0 Å². The first-order valence-corrected chi connectivity index (χ1v) is 12.7. The lowest BCUT2D eigenvalue weighted by atomic mass is 10.1. The molecule has 0 atom stereocenters. The zero-order valence-electron chi connectivity index (χ0n) is 21.2. The van der Waals surface area contributed by atoms with Crippen molar-refractivity contribution in [1.29, 1.82) is 0 Å². The van der Waals surface area contributed by atoms with E-state index in [2.05, 4.69) is 20.4 Å². The van der Waals surface area contributed by atoms with E-state index >= 15 is 0 Å². The SMILES string of the molecule is CCn1cc(C(=O)[O-])c(=O)c2cnc(N3CCN(C(=S)NC(=O)c4c(-c5ccccc5)noc4C)CC3)nc21. The number of aromatic carboxylic acids is 1. The number of carboxylic acid groups (broad SMARTS) is 1. The molecule has 0 bridgehead atoms. The summed E-state index contributed by atoms with van der Waals surface area (Å²) in [5.41, 5.74) is 0.784. The minimum absolute atomic E-state index is 0.115. The number of nitrogens with zero attached hydrogens (tertiary/aromatic N) is 6. The molecule has 0 spiro atoms. The lowest BCUT2D eigenvalue weighted by Gasteiger charge is -2.36. The van der Waals surface area contributed by atoms with Gasteiger partial charge in [0.25, 0.3) is 5.91 Å². The van der Waals surface area contributed by atoms with Crippen molar-refractivity contribution in [3.63, 3.8) is 0 Å². The second-order valence-electron chi connectivity index (χ2n) is 8.91. The van der Waals surface area contributed by atoms with Crippen LogP contribution in [-0.2, 0) is 6.54 Å². The summed E-state index contributed by atoms with van der Waals surface area (Å²) in [4.78, 5) is 49.7. The lowest BCUT2D eigenvalue weighted by Crippen LogP contribution is -2.53. The Morgan fingerprint density at radius 1 is 1.15 bits per heavy atom. The van der Waals surface area contributed by atoms with Crippen molar-refractivity contribution in [3.05, 3.63) is 69.8 Å². The lowest BCUT2D eigenvalue weighted by molar-refractivity contribution is -0.255. The molecule has 1 aromatic carbocycles. The number of amides is 1. The van der Waals surface area contributed by atoms with E-state index in [-0.39, 0.29) is 10.5 Å². The Morgan fingerprint density at radius 3 is 2.54 bits per heavy atom. The van der Waals surface area contributed by atoms with Gasteiger partial charge in [-0.1, -0.05) is 35.5 Å². The van der Waals surface area contributed by atoms with Crippen LogP contribution in [0.1, 0.15) is 33.4 Å². The van der Waals surface area contributed by atoms with E-state index in [1.807, 2.05) is 47.1 Å². The highest BCUT2D eigenvalue weighted by Gasteiger charge is 2.26. The Kier molecular flexibility index (Phi) is 7.07. The van der Waals surface area contributed by atoms with Crippen LogP contribution in [0.4, 0.5) is 5.95 Å². The van der Waals surface area contributed by atoms with Crippen molar-refractivity contribution in [2.75, 3.05) is 31.1 Å². The number of rotatable bonds is 5. The predicted molar refractivity (Wildman–Crippen MR) is 144 cm³/mol. The zero-order valence-corrected chi connectivity index (χ0v) is 22.0. The van der Waals surface area contributed by atoms with E-state index in [0.29, 0.717) is 61.3 Å². The predicted octanol–water partition coefficient (Wildman–Crippen LogP) is 0.975. The Balaban J connectivity index is 1.28. The fraction of sp³-hybridized carbons (Fsp3) is 0.269. The summed E-state index contributed by atoms with van der Waals surface area (Å²) in [6.07, 6.45) is 2.59. The van der Waals surface area contributed by atoms with E-state index in [1.54, 1.807) is 11.5 Å². The number of carbonyl (C=O) groups is 2. The van der Waals surface area contributed by atoms with E-state index < -0.39 is 22.9 Å². The number of fused-ring (bicyclic) bond motifs is 1. The van der Waals surface area contributed by atoms with Crippen molar-refractivity contribution < 1.29 is 19.2 Å². The Labute approximate surface area is 227 Å². The second kappa shape index (κ2) is 10.6. The fourth-order valence-electron chi connectivity index (χ4n) is 4.48. The molecule has 0 radical (unpaired) electrons. The molecule has 1 aliphatic rings. The maximum absolute atomic E-state index is 13.1. The van der Waals surface area contributed by atoms with Gasteiger partial charge in [0.15, 0.2) is 5.11 Å². The van der Waals surface area contributed by atoms with Gasteiger partial charge in [-0.3, -0.25) is 14.9 Å². The van der Waals surface area contributed by atoms with Gasteiger partial charge in [0.05, 0.1) is 16.9 Å². The standard InChI is InChI=1S/C26H25N7O5S/c1-3-31-14-18(24(36)37)21(34)17-13-27-25(28-22(17)31)32-9-11-33(12-10-32)26(39)29-23(35)19-15(2)38-30-20(19)16-7-5-4-6-8-16/h4-8,13-14H,3,9-12H2,1-2H3,(H,36,37)(H,29,35,39)/p-1. The van der Waals surface area contributed by atoms with E-state index in [1.165, 1.54) is 12.4 Å². The number of aromatic nitrogens is 4. The number of benzene rings is 1. The van der Waals surface area contributed by atoms with Crippen LogP contribution in [0, 0.1) is 6.92 Å². The quantitative estimate of drug-likeness (QED) is 0.357. The van der Waals surface area contributed by atoms with Crippen LogP contribution in [0.15, 0.2) is 52.0 Å². The third-order valence-electron chi connectivity index (χ3n) is 6.57. The number of thiocarbonyl (C=S) groups is 1. The molecule has 0 unspecified atom stereocenters. The topological polar surface area (TPSA) is 150 Å². The molecule has 1 N–H and O–H groups in total. The van der Waals surface area contributed by atoms with Gasteiger partial charge in [0, 0.05) is 50.7 Å². The molecule has 1 aliphatic heterocycles. The van der Waals surface area contributed by atoms with Gasteiger partial charge in [-0.15, -0.1) is 0 Å². The number of aryl methyl sites for hydroxylation is 2. The van der Waals surface area contributed by atoms with Gasteiger partial charge < -0.3 is 28.8 Å². The number of hydrogen-bond donors (Lipinski definition) is 1. The van der Waals surface area contributed by atoms with Crippen LogP contribution in [0.5, 0.6) is 0 Å². The smallest absolute Gasteiger partial charge is 0.263 e. The third-order valence-corrected chi connectivity index (χ3v) is 6.93. The number of hydrogen-bond acceptors (Lipinski definition) is 10. The molecular formula is C26H24N7O5S-. The van der Waals surface area contributed by atoms with Crippen LogP contribution >= 0.6 is 12.2 Å². The summed E-state index contributed by atoms with van der Waals surface area (Å²) < 4.78 is 6.88. The number of piperazine rings is 1. The summed E-state index contributed by atoms with van der Waals surface area (Å²) in [5, 5.41) is 18.6. The molecular weight excluding hydrogens is 522 g/mol. The van der Waals surface area contributed by atoms with Gasteiger partial charge in [0.2, 0.25) is 11.4 Å². The molecule has 1 saturated heterocycles. The van der Waals surface area contributed by atoms with Crippen molar-refractivity contribution >= 4 is 46.2 Å². The highest BCUT2D eigenvalue weighted by Crippen LogP contribution is 2.25. The van der Waals surface area contributed by atoms with Crippen molar-refractivity contribution in [1.82, 2.24) is 29.9 Å². The van der Waals surface area contributed by atoms with Crippen LogP contribution in [0.2, 0.25) is 0 Å². The van der Waals surface area contributed by atoms with Gasteiger partial charge >= 0.3 is 0 Å². The number of carboxylic acids is 1. The Hall–Kier alpha value is -4.65. The number of carbonyl (C=O) groups excluding carboxylic acids is 2. The minimum Gasteiger partial charge on any atom is -0.545 e. The van der Waals surface area contributed by atoms with E-state index in [0.717, 1.165) is 5.56 Å². The maximum Gasteiger partial charge on any atom is 0.263 e. The van der Waals surface area contributed by atoms with E-state index in [9.17, 15) is 19.5 Å². The molecule has 0 aliphatic carbocycles. The average molecular weight is 547 g/mol. The summed E-state index contributed by atoms with van der Waals surface area (Å²) in [6.45, 7) is 5.93. The van der Waals surface area contributed by atoms with Crippen LogP contribution in [0.25, 0.3) is 22.3 Å². The monoisotopic (exact) mass is 546 g/mol. The number of nitrogens with one attached hydrogen (secondary N) is 1. The third kappa shape index (κ3) is 4.95. The first kappa shape index (κ1) is 26.0. The largest absolute Gasteiger partial charge is 0.545 e. The van der Waals surface area contributed by atoms with E-state index in [4.69, 9.17) is 16.7 Å². The maximum atomic E-state index is 13.1.